The second-order valence-corrected chi connectivity index (χ2v) is 9.19. The highest BCUT2D eigenvalue weighted by atomic mass is 79.9. The van der Waals surface area contributed by atoms with Crippen LogP contribution in [-0.2, 0) is 4.79 Å². The molecule has 0 saturated heterocycles. The number of carbonyl (C=O) groups is 1. The zero-order valence-corrected chi connectivity index (χ0v) is 20.1. The van der Waals surface area contributed by atoms with Gasteiger partial charge in [0.15, 0.2) is 5.16 Å². The van der Waals surface area contributed by atoms with Crippen LogP contribution in [-0.4, -0.2) is 26.6 Å². The molecular formula is C23H16Br2N4OS. The summed E-state index contributed by atoms with van der Waals surface area (Å²) in [5, 5.41) is 3.35. The number of hydrogen-bond donors (Lipinski definition) is 1. The summed E-state index contributed by atoms with van der Waals surface area (Å²) in [4.78, 5) is 26.0. The summed E-state index contributed by atoms with van der Waals surface area (Å²) < 4.78 is 1.53. The van der Waals surface area contributed by atoms with E-state index in [2.05, 4.69) is 52.1 Å². The van der Waals surface area contributed by atoms with Crippen molar-refractivity contribution in [2.24, 2.45) is 0 Å². The van der Waals surface area contributed by atoms with Gasteiger partial charge in [0.1, 0.15) is 5.82 Å². The van der Waals surface area contributed by atoms with E-state index in [0.29, 0.717) is 15.4 Å². The van der Waals surface area contributed by atoms with Crippen LogP contribution in [0, 0.1) is 0 Å². The first-order chi connectivity index (χ1) is 15.1. The van der Waals surface area contributed by atoms with E-state index in [1.165, 1.54) is 11.8 Å². The van der Waals surface area contributed by atoms with Gasteiger partial charge in [-0.1, -0.05) is 72.4 Å². The molecule has 2 aromatic heterocycles. The number of pyridine rings is 1. The predicted molar refractivity (Wildman–Crippen MR) is 132 cm³/mol. The topological polar surface area (TPSA) is 67.8 Å². The lowest BCUT2D eigenvalue weighted by Gasteiger charge is -2.09. The number of nitrogens with one attached hydrogen (secondary N) is 1. The SMILES string of the molecule is O=C(CSc1nc(-c2ccccc2)cc(-c2ccccc2)n1)Nc1ncc(Br)cc1Br. The Bertz CT molecular complexity index is 1150. The van der Waals surface area contributed by atoms with Crippen LogP contribution in [0.5, 0.6) is 0 Å². The lowest BCUT2D eigenvalue weighted by atomic mass is 10.1. The van der Waals surface area contributed by atoms with Crippen molar-refractivity contribution in [1.82, 2.24) is 15.0 Å². The highest BCUT2D eigenvalue weighted by Crippen LogP contribution is 2.27. The number of halogens is 2. The first-order valence-corrected chi connectivity index (χ1v) is 11.9. The summed E-state index contributed by atoms with van der Waals surface area (Å²) in [5.74, 6) is 0.449. The Hall–Kier alpha value is -2.55. The third kappa shape index (κ3) is 5.78. The summed E-state index contributed by atoms with van der Waals surface area (Å²) >= 11 is 8.04. The molecule has 0 bridgehead atoms. The molecule has 1 N–H and O–H groups in total. The van der Waals surface area contributed by atoms with Gasteiger partial charge in [-0.15, -0.1) is 0 Å². The number of thioether (sulfide) groups is 1. The molecule has 2 heterocycles. The number of nitrogens with zero attached hydrogens (tertiary/aromatic N) is 3. The predicted octanol–water partition coefficient (Wildman–Crippen LogP) is 6.46. The van der Waals surface area contributed by atoms with Crippen LogP contribution < -0.4 is 5.32 Å². The molecule has 31 heavy (non-hydrogen) atoms. The van der Waals surface area contributed by atoms with Crippen LogP contribution in [0.2, 0.25) is 0 Å². The van der Waals surface area contributed by atoms with Crippen LogP contribution in [0.1, 0.15) is 0 Å². The molecule has 2 aromatic carbocycles. The van der Waals surface area contributed by atoms with E-state index in [1.54, 1.807) is 6.20 Å². The smallest absolute Gasteiger partial charge is 0.236 e. The van der Waals surface area contributed by atoms with Gasteiger partial charge in [-0.25, -0.2) is 15.0 Å². The summed E-state index contributed by atoms with van der Waals surface area (Å²) in [6.07, 6.45) is 1.63. The van der Waals surface area contributed by atoms with Crippen molar-refractivity contribution in [2.75, 3.05) is 11.1 Å². The van der Waals surface area contributed by atoms with E-state index in [0.717, 1.165) is 27.0 Å². The maximum absolute atomic E-state index is 12.5. The van der Waals surface area contributed by atoms with Crippen LogP contribution in [0.3, 0.4) is 0 Å². The average Bonchev–Trinajstić information content (AvgIpc) is 2.80. The van der Waals surface area contributed by atoms with Gasteiger partial charge in [0, 0.05) is 21.8 Å². The molecular weight excluding hydrogens is 540 g/mol. The first kappa shape index (κ1) is 21.7. The summed E-state index contributed by atoms with van der Waals surface area (Å²) in [5.41, 5.74) is 3.62. The summed E-state index contributed by atoms with van der Waals surface area (Å²) in [6, 6.07) is 23.7. The van der Waals surface area contributed by atoms with E-state index < -0.39 is 0 Å². The minimum atomic E-state index is -0.185. The Labute approximate surface area is 201 Å². The van der Waals surface area contributed by atoms with Crippen molar-refractivity contribution in [2.45, 2.75) is 5.16 Å². The van der Waals surface area contributed by atoms with Crippen LogP contribution in [0.4, 0.5) is 5.82 Å². The van der Waals surface area contributed by atoms with Gasteiger partial charge in [-0.3, -0.25) is 4.79 Å². The van der Waals surface area contributed by atoms with Gasteiger partial charge in [0.05, 0.1) is 21.6 Å². The second kappa shape index (κ2) is 10.2. The van der Waals surface area contributed by atoms with E-state index >= 15 is 0 Å². The highest BCUT2D eigenvalue weighted by Gasteiger charge is 2.12. The van der Waals surface area contributed by atoms with Crippen LogP contribution in [0.15, 0.2) is 93.1 Å². The van der Waals surface area contributed by atoms with E-state index in [-0.39, 0.29) is 11.7 Å². The highest BCUT2D eigenvalue weighted by molar-refractivity contribution is 9.11. The molecule has 0 fully saturated rings. The number of carbonyl (C=O) groups excluding carboxylic acids is 1. The molecule has 0 radical (unpaired) electrons. The van der Waals surface area contributed by atoms with E-state index in [9.17, 15) is 4.79 Å². The Balaban J connectivity index is 1.56. The minimum absolute atomic E-state index is 0.163. The molecule has 4 rings (SSSR count). The largest absolute Gasteiger partial charge is 0.309 e. The maximum atomic E-state index is 12.5. The molecule has 0 unspecified atom stereocenters. The maximum Gasteiger partial charge on any atom is 0.236 e. The fourth-order valence-corrected chi connectivity index (χ4v) is 4.55. The molecule has 0 aliphatic heterocycles. The van der Waals surface area contributed by atoms with E-state index in [4.69, 9.17) is 0 Å². The quantitative estimate of drug-likeness (QED) is 0.218. The van der Waals surface area contributed by atoms with Gasteiger partial charge < -0.3 is 5.32 Å². The molecule has 1 amide bonds. The molecule has 5 nitrogen and oxygen atoms in total. The average molecular weight is 556 g/mol. The molecule has 154 valence electrons. The van der Waals surface area contributed by atoms with Gasteiger partial charge >= 0.3 is 0 Å². The van der Waals surface area contributed by atoms with Crippen molar-refractivity contribution in [3.63, 3.8) is 0 Å². The third-order valence-electron chi connectivity index (χ3n) is 4.24. The number of hydrogen-bond acceptors (Lipinski definition) is 5. The molecule has 0 aliphatic carbocycles. The number of benzene rings is 2. The monoisotopic (exact) mass is 554 g/mol. The van der Waals surface area contributed by atoms with Crippen molar-refractivity contribution in [3.8, 4) is 22.5 Å². The van der Waals surface area contributed by atoms with Gasteiger partial charge in [-0.2, -0.15) is 0 Å². The fraction of sp³-hybridized carbons (Fsp3) is 0.0435. The minimum Gasteiger partial charge on any atom is -0.309 e. The van der Waals surface area contributed by atoms with Crippen molar-refractivity contribution < 1.29 is 4.79 Å². The van der Waals surface area contributed by atoms with Gasteiger partial charge in [0.2, 0.25) is 5.91 Å². The number of amides is 1. The van der Waals surface area contributed by atoms with E-state index in [1.807, 2.05) is 72.8 Å². The standard InChI is InChI=1S/C23H16Br2N4OS/c24-17-11-18(25)22(26-13-17)29-21(30)14-31-23-27-19(15-7-3-1-4-8-15)12-20(28-23)16-9-5-2-6-10-16/h1-13H,14H2,(H,26,29,30). The Kier molecular flexibility index (Phi) is 7.11. The molecule has 0 saturated carbocycles. The molecule has 4 aromatic rings. The molecule has 0 aliphatic rings. The normalized spacial score (nSPS) is 10.6. The second-order valence-electron chi connectivity index (χ2n) is 6.47. The molecule has 8 heteroatoms. The zero-order chi connectivity index (χ0) is 21.6. The third-order valence-corrected chi connectivity index (χ3v) is 6.13. The van der Waals surface area contributed by atoms with Crippen LogP contribution >= 0.6 is 43.6 Å². The van der Waals surface area contributed by atoms with Gasteiger partial charge in [-0.05, 0) is 44.0 Å². The lowest BCUT2D eigenvalue weighted by Crippen LogP contribution is -2.15. The fourth-order valence-electron chi connectivity index (χ4n) is 2.81. The summed E-state index contributed by atoms with van der Waals surface area (Å²) in [7, 11) is 0. The molecule has 0 spiro atoms. The lowest BCUT2D eigenvalue weighted by molar-refractivity contribution is -0.113. The Morgan fingerprint density at radius 2 is 1.45 bits per heavy atom. The molecule has 0 atom stereocenters. The van der Waals surface area contributed by atoms with Gasteiger partial charge in [0.25, 0.3) is 0 Å². The number of aromatic nitrogens is 3. The number of anilines is 1. The Morgan fingerprint density at radius 1 is 0.871 bits per heavy atom. The van der Waals surface area contributed by atoms with Crippen molar-refractivity contribution in [1.29, 1.82) is 0 Å². The van der Waals surface area contributed by atoms with Crippen molar-refractivity contribution in [3.05, 3.63) is 87.9 Å². The summed E-state index contributed by atoms with van der Waals surface area (Å²) in [6.45, 7) is 0. The number of rotatable bonds is 6. The zero-order valence-electron chi connectivity index (χ0n) is 16.1. The van der Waals surface area contributed by atoms with Crippen molar-refractivity contribution >= 4 is 55.3 Å². The Morgan fingerprint density at radius 3 is 2.00 bits per heavy atom. The first-order valence-electron chi connectivity index (χ1n) is 9.32. The van der Waals surface area contributed by atoms with Crippen LogP contribution in [0.25, 0.3) is 22.5 Å².